The summed E-state index contributed by atoms with van der Waals surface area (Å²) in [6.07, 6.45) is 3.48. The fourth-order valence-electron chi connectivity index (χ4n) is 2.11. The molecule has 0 saturated heterocycles. The maximum Gasteiger partial charge on any atom is 0.137 e. The van der Waals surface area contributed by atoms with Gasteiger partial charge >= 0.3 is 0 Å². The minimum atomic E-state index is -0.203. The van der Waals surface area contributed by atoms with Gasteiger partial charge < -0.3 is 5.32 Å². The molecule has 0 fully saturated rings. The van der Waals surface area contributed by atoms with Crippen LogP contribution in [-0.4, -0.2) is 7.05 Å². The summed E-state index contributed by atoms with van der Waals surface area (Å²) < 4.78 is 13.7. The molecular weight excluding hydrogens is 281 g/mol. The predicted octanol–water partition coefficient (Wildman–Crippen LogP) is 4.68. The van der Waals surface area contributed by atoms with E-state index in [9.17, 15) is 4.39 Å². The summed E-state index contributed by atoms with van der Waals surface area (Å²) in [5, 5.41) is 3.32. The molecule has 1 atom stereocenters. The number of rotatable bonds is 6. The van der Waals surface area contributed by atoms with E-state index in [0.29, 0.717) is 10.5 Å². The average molecular weight is 302 g/mol. The van der Waals surface area contributed by atoms with Crippen LogP contribution in [0.2, 0.25) is 0 Å². The zero-order valence-corrected chi connectivity index (χ0v) is 12.3. The van der Waals surface area contributed by atoms with Crippen molar-refractivity contribution in [1.29, 1.82) is 0 Å². The molecule has 0 spiro atoms. The van der Waals surface area contributed by atoms with Gasteiger partial charge in [-0.05, 0) is 53.0 Å². The first kappa shape index (κ1) is 14.7. The van der Waals surface area contributed by atoms with Gasteiger partial charge in [-0.15, -0.1) is 0 Å². The normalized spacial score (nSPS) is 13.1. The van der Waals surface area contributed by atoms with E-state index in [1.807, 2.05) is 19.2 Å². The van der Waals surface area contributed by atoms with Gasteiger partial charge in [-0.3, -0.25) is 0 Å². The smallest absolute Gasteiger partial charge is 0.137 e. The van der Waals surface area contributed by atoms with Crippen LogP contribution in [0.25, 0.3) is 0 Å². The van der Waals surface area contributed by atoms with Crippen molar-refractivity contribution < 1.29 is 4.39 Å². The van der Waals surface area contributed by atoms with Crippen LogP contribution < -0.4 is 5.32 Å². The van der Waals surface area contributed by atoms with E-state index in [0.717, 1.165) is 17.9 Å². The van der Waals surface area contributed by atoms with E-state index < -0.39 is 0 Å². The Hall–Kier alpha value is -0.410. The lowest BCUT2D eigenvalue weighted by atomic mass is 9.91. The summed E-state index contributed by atoms with van der Waals surface area (Å²) in [4.78, 5) is 0. The molecule has 0 heterocycles. The highest BCUT2D eigenvalue weighted by Gasteiger charge is 2.15. The molecule has 0 radical (unpaired) electrons. The summed E-state index contributed by atoms with van der Waals surface area (Å²) in [5.74, 6) is 0.516. The number of nitrogens with one attached hydrogen (secondary N) is 1. The summed E-state index contributed by atoms with van der Waals surface area (Å²) in [5.41, 5.74) is 1.15. The third kappa shape index (κ3) is 4.07. The van der Waals surface area contributed by atoms with Gasteiger partial charge in [0.15, 0.2) is 0 Å². The highest BCUT2D eigenvalue weighted by atomic mass is 79.9. The molecule has 1 N–H and O–H groups in total. The molecular formula is C14H21BrFN. The summed E-state index contributed by atoms with van der Waals surface area (Å²) >= 11 is 3.24. The first-order chi connectivity index (χ1) is 8.12. The van der Waals surface area contributed by atoms with Crippen LogP contribution in [0.4, 0.5) is 4.39 Å². The SMILES string of the molecule is CCC(CC)CC(NC)c1ccc(F)c(Br)c1. The fraction of sp³-hybridized carbons (Fsp3) is 0.571. The Balaban J connectivity index is 2.82. The van der Waals surface area contributed by atoms with Crippen molar-refractivity contribution in [3.8, 4) is 0 Å². The molecule has 0 aromatic heterocycles. The number of hydrogen-bond donors (Lipinski definition) is 1. The van der Waals surface area contributed by atoms with Crippen molar-refractivity contribution in [3.63, 3.8) is 0 Å². The van der Waals surface area contributed by atoms with Crippen LogP contribution in [0.15, 0.2) is 22.7 Å². The Morgan fingerprint density at radius 1 is 1.29 bits per heavy atom. The molecule has 0 saturated carbocycles. The molecule has 3 heteroatoms. The molecule has 1 unspecified atom stereocenters. The van der Waals surface area contributed by atoms with Crippen molar-refractivity contribution in [3.05, 3.63) is 34.1 Å². The number of hydrogen-bond acceptors (Lipinski definition) is 1. The van der Waals surface area contributed by atoms with Gasteiger partial charge in [-0.1, -0.05) is 32.8 Å². The van der Waals surface area contributed by atoms with Gasteiger partial charge in [0.1, 0.15) is 5.82 Å². The van der Waals surface area contributed by atoms with Crippen molar-refractivity contribution in [1.82, 2.24) is 5.32 Å². The van der Waals surface area contributed by atoms with Crippen LogP contribution in [0.5, 0.6) is 0 Å². The maximum absolute atomic E-state index is 13.2. The van der Waals surface area contributed by atoms with E-state index >= 15 is 0 Å². The molecule has 0 amide bonds. The molecule has 1 nitrogen and oxygen atoms in total. The van der Waals surface area contributed by atoms with Gasteiger partial charge in [0.05, 0.1) is 4.47 Å². The highest BCUT2D eigenvalue weighted by Crippen LogP contribution is 2.27. The quantitative estimate of drug-likeness (QED) is 0.805. The Morgan fingerprint density at radius 2 is 1.94 bits per heavy atom. The first-order valence-corrected chi connectivity index (χ1v) is 7.03. The highest BCUT2D eigenvalue weighted by molar-refractivity contribution is 9.10. The number of halogens is 2. The first-order valence-electron chi connectivity index (χ1n) is 6.24. The molecule has 1 rings (SSSR count). The van der Waals surface area contributed by atoms with Gasteiger partial charge in [0, 0.05) is 6.04 Å². The lowest BCUT2D eigenvalue weighted by Crippen LogP contribution is -2.19. The molecule has 1 aromatic rings. The second-order valence-electron chi connectivity index (χ2n) is 4.43. The van der Waals surface area contributed by atoms with Crippen molar-refractivity contribution >= 4 is 15.9 Å². The Labute approximate surface area is 112 Å². The molecule has 1 aromatic carbocycles. The second-order valence-corrected chi connectivity index (χ2v) is 5.29. The second kappa shape index (κ2) is 7.12. The molecule has 0 aliphatic carbocycles. The van der Waals surface area contributed by atoms with Crippen LogP contribution in [0.1, 0.15) is 44.7 Å². The Kier molecular flexibility index (Phi) is 6.14. The van der Waals surface area contributed by atoms with E-state index in [2.05, 4.69) is 35.1 Å². The summed E-state index contributed by atoms with van der Waals surface area (Å²) in [6.45, 7) is 4.45. The summed E-state index contributed by atoms with van der Waals surface area (Å²) in [7, 11) is 1.96. The molecule has 96 valence electrons. The minimum Gasteiger partial charge on any atom is -0.313 e. The van der Waals surface area contributed by atoms with E-state index in [4.69, 9.17) is 0 Å². The van der Waals surface area contributed by atoms with Gasteiger partial charge in [0.2, 0.25) is 0 Å². The summed E-state index contributed by atoms with van der Waals surface area (Å²) in [6, 6.07) is 5.57. The van der Waals surface area contributed by atoms with Crippen LogP contribution in [0.3, 0.4) is 0 Å². The van der Waals surface area contributed by atoms with Crippen LogP contribution >= 0.6 is 15.9 Å². The van der Waals surface area contributed by atoms with Crippen molar-refractivity contribution in [2.45, 2.75) is 39.2 Å². The topological polar surface area (TPSA) is 12.0 Å². The standard InChI is InChI=1S/C14H21BrFN/c1-4-10(5-2)8-14(17-3)11-6-7-13(16)12(15)9-11/h6-7,9-10,14,17H,4-5,8H2,1-3H3. The Morgan fingerprint density at radius 3 is 2.41 bits per heavy atom. The average Bonchev–Trinajstić information content (AvgIpc) is 2.35. The largest absolute Gasteiger partial charge is 0.313 e. The van der Waals surface area contributed by atoms with Gasteiger partial charge in [-0.25, -0.2) is 4.39 Å². The predicted molar refractivity (Wildman–Crippen MR) is 74.6 cm³/mol. The van der Waals surface area contributed by atoms with Gasteiger partial charge in [0.25, 0.3) is 0 Å². The third-order valence-corrected chi connectivity index (χ3v) is 4.03. The fourth-order valence-corrected chi connectivity index (χ4v) is 2.50. The van der Waals surface area contributed by atoms with E-state index in [1.54, 1.807) is 0 Å². The van der Waals surface area contributed by atoms with Crippen LogP contribution in [-0.2, 0) is 0 Å². The lowest BCUT2D eigenvalue weighted by molar-refractivity contribution is 0.385. The van der Waals surface area contributed by atoms with E-state index in [-0.39, 0.29) is 5.82 Å². The Bertz CT molecular complexity index is 350. The van der Waals surface area contributed by atoms with Crippen LogP contribution in [0, 0.1) is 11.7 Å². The molecule has 0 bridgehead atoms. The van der Waals surface area contributed by atoms with E-state index in [1.165, 1.54) is 18.9 Å². The third-order valence-electron chi connectivity index (χ3n) is 3.42. The van der Waals surface area contributed by atoms with Crippen molar-refractivity contribution in [2.75, 3.05) is 7.05 Å². The zero-order chi connectivity index (χ0) is 12.8. The zero-order valence-electron chi connectivity index (χ0n) is 10.8. The van der Waals surface area contributed by atoms with Gasteiger partial charge in [-0.2, -0.15) is 0 Å². The molecule has 17 heavy (non-hydrogen) atoms. The minimum absolute atomic E-state index is 0.203. The van der Waals surface area contributed by atoms with Crippen molar-refractivity contribution in [2.24, 2.45) is 5.92 Å². The maximum atomic E-state index is 13.2. The molecule has 0 aliphatic heterocycles. The monoisotopic (exact) mass is 301 g/mol. The lowest BCUT2D eigenvalue weighted by Gasteiger charge is -2.22. The number of benzene rings is 1. The molecule has 0 aliphatic rings.